The molecule has 0 aliphatic carbocycles. The zero-order chi connectivity index (χ0) is 29.7. The first-order valence-corrected chi connectivity index (χ1v) is 14.1. The molecule has 0 radical (unpaired) electrons. The van der Waals surface area contributed by atoms with Crippen molar-refractivity contribution in [2.75, 3.05) is 32.2 Å². The maximum absolute atomic E-state index is 14.1. The number of aliphatic hydroxyl groups is 1. The van der Waals surface area contributed by atoms with Gasteiger partial charge in [0.1, 0.15) is 28.1 Å². The number of nitrogens with zero attached hydrogens (tertiary/aromatic N) is 6. The van der Waals surface area contributed by atoms with E-state index in [9.17, 15) is 13.5 Å². The fraction of sp³-hybridized carbons (Fsp3) is 0.286. The number of nitriles is 1. The van der Waals surface area contributed by atoms with Gasteiger partial charge >= 0.3 is 0 Å². The molecule has 4 aromatic rings. The van der Waals surface area contributed by atoms with Gasteiger partial charge in [0.2, 0.25) is 21.9 Å². The van der Waals surface area contributed by atoms with E-state index in [0.717, 1.165) is 4.31 Å². The molecule has 2 atom stereocenters. The van der Waals surface area contributed by atoms with Gasteiger partial charge in [-0.15, -0.1) is 10.2 Å². The van der Waals surface area contributed by atoms with E-state index in [4.69, 9.17) is 19.5 Å². The summed E-state index contributed by atoms with van der Waals surface area (Å²) in [4.78, 5) is 4.48. The molecule has 4 rings (SSSR count). The molecular formula is C28H30N6O6S. The molecule has 0 saturated heterocycles. The van der Waals surface area contributed by atoms with Crippen LogP contribution in [0.4, 0.5) is 5.95 Å². The average molecular weight is 579 g/mol. The molecule has 0 aliphatic rings. The monoisotopic (exact) mass is 578 g/mol. The third kappa shape index (κ3) is 5.52. The number of para-hydroxylation sites is 1. The molecule has 1 N–H and O–H groups in total. The first-order valence-electron chi connectivity index (χ1n) is 12.6. The smallest absolute Gasteiger partial charge is 0.246 e. The van der Waals surface area contributed by atoms with Gasteiger partial charge in [0.05, 0.1) is 39.1 Å². The lowest BCUT2D eigenvalue weighted by atomic mass is 10.1. The normalized spacial score (nSPS) is 12.7. The van der Waals surface area contributed by atoms with Crippen molar-refractivity contribution in [3.63, 3.8) is 0 Å². The summed E-state index contributed by atoms with van der Waals surface area (Å²) in [6.45, 7) is 3.03. The lowest BCUT2D eigenvalue weighted by Crippen LogP contribution is -2.41. The van der Waals surface area contributed by atoms with Crippen LogP contribution in [0.1, 0.15) is 31.1 Å². The number of aromatic nitrogens is 4. The topological polar surface area (TPSA) is 153 Å². The van der Waals surface area contributed by atoms with Crippen LogP contribution < -0.4 is 18.5 Å². The molecule has 0 unspecified atom stereocenters. The number of pyridine rings is 1. The van der Waals surface area contributed by atoms with Crippen LogP contribution in [0.5, 0.6) is 17.4 Å². The number of hydrogen-bond acceptors (Lipinski definition) is 10. The number of anilines is 1. The SMILES string of the molecule is CCN(c1nnc(-c2cccc(OC)n2)n1-c1c(OC)cccc1OC)S(=O)(=O)[C@@H](C)[C@H](O)c1ccc(C#N)cc1. The number of sulfonamides is 1. The Labute approximate surface area is 238 Å². The second-order valence-electron chi connectivity index (χ2n) is 8.83. The summed E-state index contributed by atoms with van der Waals surface area (Å²) in [6, 6.07) is 18.3. The van der Waals surface area contributed by atoms with Gasteiger partial charge in [-0.05, 0) is 49.7 Å². The number of methoxy groups -OCH3 is 3. The van der Waals surface area contributed by atoms with Crippen LogP contribution in [0.3, 0.4) is 0 Å². The van der Waals surface area contributed by atoms with E-state index >= 15 is 0 Å². The fourth-order valence-electron chi connectivity index (χ4n) is 4.34. The molecule has 0 saturated carbocycles. The highest BCUT2D eigenvalue weighted by atomic mass is 32.2. The van der Waals surface area contributed by atoms with E-state index in [1.165, 1.54) is 57.1 Å². The second-order valence-corrected chi connectivity index (χ2v) is 11.0. The average Bonchev–Trinajstić information content (AvgIpc) is 3.43. The van der Waals surface area contributed by atoms with E-state index in [1.54, 1.807) is 43.3 Å². The standard InChI is InChI=1S/C28H30N6O6S/c1-6-33(41(36,37)18(2)26(35)20-15-13-19(17-29)14-16-20)28-32-31-27(21-9-7-12-24(30-21)40-5)34(28)25-22(38-3)10-8-11-23(25)39-4/h7-16,18,26,35H,6H2,1-5H3/t18-,26-/m0/s1. The Kier molecular flexibility index (Phi) is 8.75. The minimum absolute atomic E-state index is 0.0338. The van der Waals surface area contributed by atoms with Gasteiger partial charge in [-0.3, -0.25) is 4.57 Å². The van der Waals surface area contributed by atoms with Crippen molar-refractivity contribution in [2.24, 2.45) is 0 Å². The van der Waals surface area contributed by atoms with Crippen LogP contribution in [-0.2, 0) is 10.0 Å². The van der Waals surface area contributed by atoms with Crippen molar-refractivity contribution in [3.8, 4) is 40.7 Å². The van der Waals surface area contributed by atoms with Crippen LogP contribution in [-0.4, -0.2) is 66.4 Å². The van der Waals surface area contributed by atoms with E-state index in [-0.39, 0.29) is 18.3 Å². The van der Waals surface area contributed by atoms with Gasteiger partial charge in [0.15, 0.2) is 5.82 Å². The molecule has 0 amide bonds. The third-order valence-electron chi connectivity index (χ3n) is 6.55. The summed E-state index contributed by atoms with van der Waals surface area (Å²) in [5.74, 6) is 1.21. The molecule has 41 heavy (non-hydrogen) atoms. The van der Waals surface area contributed by atoms with Gasteiger partial charge in [-0.2, -0.15) is 5.26 Å². The molecule has 13 heteroatoms. The van der Waals surface area contributed by atoms with Crippen LogP contribution >= 0.6 is 0 Å². The highest BCUT2D eigenvalue weighted by molar-refractivity contribution is 7.93. The molecular weight excluding hydrogens is 548 g/mol. The maximum Gasteiger partial charge on any atom is 0.246 e. The number of benzene rings is 2. The molecule has 2 aromatic carbocycles. The van der Waals surface area contributed by atoms with Crippen molar-refractivity contribution in [3.05, 3.63) is 71.8 Å². The number of ether oxygens (including phenoxy) is 3. The molecule has 2 aromatic heterocycles. The Morgan fingerprint density at radius 3 is 2.17 bits per heavy atom. The van der Waals surface area contributed by atoms with E-state index in [0.29, 0.717) is 39.9 Å². The summed E-state index contributed by atoms with van der Waals surface area (Å²) >= 11 is 0. The van der Waals surface area contributed by atoms with Crippen LogP contribution in [0, 0.1) is 11.3 Å². The Morgan fingerprint density at radius 1 is 0.976 bits per heavy atom. The Bertz CT molecular complexity index is 1640. The number of aliphatic hydroxyl groups excluding tert-OH is 1. The quantitative estimate of drug-likeness (QED) is 0.280. The maximum atomic E-state index is 14.1. The lowest BCUT2D eigenvalue weighted by Gasteiger charge is -2.29. The summed E-state index contributed by atoms with van der Waals surface area (Å²) in [5, 5.41) is 27.5. The van der Waals surface area contributed by atoms with Gasteiger partial charge in [-0.25, -0.2) is 17.7 Å². The van der Waals surface area contributed by atoms with Crippen molar-refractivity contribution in [1.29, 1.82) is 5.26 Å². The van der Waals surface area contributed by atoms with E-state index < -0.39 is 21.4 Å². The minimum atomic E-state index is -4.25. The predicted octanol–water partition coefficient (Wildman–Crippen LogP) is 3.50. The van der Waals surface area contributed by atoms with Crippen molar-refractivity contribution in [1.82, 2.24) is 19.7 Å². The van der Waals surface area contributed by atoms with E-state index in [1.807, 2.05) is 6.07 Å². The summed E-state index contributed by atoms with van der Waals surface area (Å²) in [5.41, 5.74) is 1.45. The fourth-order valence-corrected chi connectivity index (χ4v) is 5.93. The van der Waals surface area contributed by atoms with Crippen LogP contribution in [0.15, 0.2) is 60.7 Å². The van der Waals surface area contributed by atoms with E-state index in [2.05, 4.69) is 15.2 Å². The molecule has 0 spiro atoms. The number of rotatable bonds is 11. The molecule has 214 valence electrons. The molecule has 0 fully saturated rings. The molecule has 0 bridgehead atoms. The summed E-state index contributed by atoms with van der Waals surface area (Å²) in [7, 11) is 0.198. The molecule has 12 nitrogen and oxygen atoms in total. The van der Waals surface area contributed by atoms with Gasteiger partial charge in [0, 0.05) is 12.6 Å². The van der Waals surface area contributed by atoms with Crippen LogP contribution in [0.25, 0.3) is 17.2 Å². The highest BCUT2D eigenvalue weighted by Gasteiger charge is 2.38. The van der Waals surface area contributed by atoms with Gasteiger partial charge in [0.25, 0.3) is 0 Å². The Balaban J connectivity index is 1.92. The number of hydrogen-bond donors (Lipinski definition) is 1. The molecule has 2 heterocycles. The van der Waals surface area contributed by atoms with Crippen molar-refractivity contribution < 1.29 is 27.7 Å². The zero-order valence-electron chi connectivity index (χ0n) is 23.2. The van der Waals surface area contributed by atoms with Crippen molar-refractivity contribution in [2.45, 2.75) is 25.2 Å². The van der Waals surface area contributed by atoms with Crippen molar-refractivity contribution >= 4 is 16.0 Å². The zero-order valence-corrected chi connectivity index (χ0v) is 24.0. The largest absolute Gasteiger partial charge is 0.494 e. The van der Waals surface area contributed by atoms with Crippen LogP contribution in [0.2, 0.25) is 0 Å². The summed E-state index contributed by atoms with van der Waals surface area (Å²) < 4.78 is 47.3. The first-order chi connectivity index (χ1) is 19.7. The van der Waals surface area contributed by atoms with Gasteiger partial charge in [-0.1, -0.05) is 24.3 Å². The first kappa shape index (κ1) is 29.3. The Hall–Kier alpha value is -4.67. The summed E-state index contributed by atoms with van der Waals surface area (Å²) in [6.07, 6.45) is -1.39. The highest BCUT2D eigenvalue weighted by Crippen LogP contribution is 2.39. The predicted molar refractivity (Wildman–Crippen MR) is 152 cm³/mol. The Morgan fingerprint density at radius 2 is 1.61 bits per heavy atom. The second kappa shape index (κ2) is 12.2. The third-order valence-corrected chi connectivity index (χ3v) is 8.78. The molecule has 0 aliphatic heterocycles. The lowest BCUT2D eigenvalue weighted by molar-refractivity contribution is 0.176. The minimum Gasteiger partial charge on any atom is -0.494 e. The van der Waals surface area contributed by atoms with Gasteiger partial charge < -0.3 is 19.3 Å².